The minimum Gasteiger partial charge on any atom is -0.386 e. The summed E-state index contributed by atoms with van der Waals surface area (Å²) in [5.41, 5.74) is 4.64. The molecular weight excluding hydrogens is 316 g/mol. The van der Waals surface area contributed by atoms with Gasteiger partial charge in [-0.1, -0.05) is 18.2 Å². The van der Waals surface area contributed by atoms with E-state index >= 15 is 0 Å². The van der Waals surface area contributed by atoms with Crippen molar-refractivity contribution in [3.05, 3.63) is 52.8 Å². The Balaban J connectivity index is 1.52. The van der Waals surface area contributed by atoms with E-state index in [0.29, 0.717) is 5.56 Å². The van der Waals surface area contributed by atoms with E-state index in [1.54, 1.807) is 24.1 Å². The molecule has 2 aromatic rings. The Kier molecular flexibility index (Phi) is 5.38. The van der Waals surface area contributed by atoms with Crippen LogP contribution in [0.5, 0.6) is 0 Å². The second-order valence-electron chi connectivity index (χ2n) is 6.77. The van der Waals surface area contributed by atoms with Gasteiger partial charge in [-0.3, -0.25) is 4.68 Å². The molecule has 0 bridgehead atoms. The fourth-order valence-electron chi connectivity index (χ4n) is 3.27. The second kappa shape index (κ2) is 7.70. The number of nitrogens with zero attached hydrogens (tertiary/aromatic N) is 2. The van der Waals surface area contributed by atoms with E-state index in [4.69, 9.17) is 0 Å². The van der Waals surface area contributed by atoms with Gasteiger partial charge in [0.1, 0.15) is 0 Å². The third-order valence-corrected chi connectivity index (χ3v) is 4.79. The summed E-state index contributed by atoms with van der Waals surface area (Å²) in [6, 6.07) is 6.13. The Hall–Kier alpha value is -2.34. The normalized spacial score (nSPS) is 16.0. The molecule has 0 spiro atoms. The van der Waals surface area contributed by atoms with Crippen LogP contribution >= 0.6 is 0 Å². The number of urea groups is 1. The van der Waals surface area contributed by atoms with Gasteiger partial charge in [-0.15, -0.1) is 0 Å². The number of aliphatic hydroxyl groups excluding tert-OH is 1. The van der Waals surface area contributed by atoms with Crippen molar-refractivity contribution >= 4 is 6.03 Å². The summed E-state index contributed by atoms with van der Waals surface area (Å²) in [5, 5.41) is 19.7. The number of carbonyl (C=O) groups excluding carboxylic acids is 1. The van der Waals surface area contributed by atoms with Crippen LogP contribution in [0.2, 0.25) is 0 Å². The van der Waals surface area contributed by atoms with Crippen molar-refractivity contribution in [2.75, 3.05) is 6.54 Å². The number of fused-ring (bicyclic) bond motifs is 1. The zero-order valence-electron chi connectivity index (χ0n) is 14.8. The molecule has 0 saturated carbocycles. The second-order valence-corrected chi connectivity index (χ2v) is 6.77. The number of hydrogen-bond donors (Lipinski definition) is 3. The molecule has 25 heavy (non-hydrogen) atoms. The van der Waals surface area contributed by atoms with Crippen molar-refractivity contribution < 1.29 is 9.90 Å². The first-order valence-corrected chi connectivity index (χ1v) is 8.85. The topological polar surface area (TPSA) is 79.2 Å². The zero-order chi connectivity index (χ0) is 17.8. The monoisotopic (exact) mass is 342 g/mol. The van der Waals surface area contributed by atoms with E-state index in [0.717, 1.165) is 18.4 Å². The number of benzene rings is 1. The highest BCUT2D eigenvalue weighted by Gasteiger charge is 2.15. The van der Waals surface area contributed by atoms with E-state index in [-0.39, 0.29) is 18.6 Å². The zero-order valence-corrected chi connectivity index (χ0v) is 14.8. The van der Waals surface area contributed by atoms with Crippen molar-refractivity contribution in [2.45, 2.75) is 44.8 Å². The summed E-state index contributed by atoms with van der Waals surface area (Å²) in [5.74, 6) is 0. The summed E-state index contributed by atoms with van der Waals surface area (Å²) >= 11 is 0. The van der Waals surface area contributed by atoms with Crippen LogP contribution in [-0.2, 0) is 19.9 Å². The van der Waals surface area contributed by atoms with Gasteiger partial charge >= 0.3 is 6.03 Å². The average Bonchev–Trinajstić information content (AvgIpc) is 3.05. The number of rotatable bonds is 5. The average molecular weight is 342 g/mol. The van der Waals surface area contributed by atoms with Crippen molar-refractivity contribution in [1.82, 2.24) is 20.4 Å². The third-order valence-electron chi connectivity index (χ3n) is 4.79. The lowest BCUT2D eigenvalue weighted by Gasteiger charge is -2.20. The van der Waals surface area contributed by atoms with Gasteiger partial charge in [0.15, 0.2) is 0 Å². The molecule has 1 aliphatic carbocycles. The number of aryl methyl sites for hydroxylation is 3. The Labute approximate surface area is 148 Å². The predicted molar refractivity (Wildman–Crippen MR) is 96.2 cm³/mol. The summed E-state index contributed by atoms with van der Waals surface area (Å²) in [4.78, 5) is 12.1. The minimum atomic E-state index is -0.765. The van der Waals surface area contributed by atoms with Crippen molar-refractivity contribution in [3.63, 3.8) is 0 Å². The highest BCUT2D eigenvalue weighted by Crippen LogP contribution is 2.24. The highest BCUT2D eigenvalue weighted by molar-refractivity contribution is 5.74. The van der Waals surface area contributed by atoms with Gasteiger partial charge in [-0.05, 0) is 49.3 Å². The quantitative estimate of drug-likeness (QED) is 0.781. The highest BCUT2D eigenvalue weighted by atomic mass is 16.3. The first kappa shape index (κ1) is 17.5. The first-order chi connectivity index (χ1) is 12.0. The summed E-state index contributed by atoms with van der Waals surface area (Å²) in [6.45, 7) is 2.12. The van der Waals surface area contributed by atoms with Gasteiger partial charge in [0.2, 0.25) is 0 Å². The molecule has 6 nitrogen and oxygen atoms in total. The van der Waals surface area contributed by atoms with E-state index in [2.05, 4.69) is 33.9 Å². The lowest BCUT2D eigenvalue weighted by Crippen LogP contribution is -2.39. The van der Waals surface area contributed by atoms with Crippen LogP contribution in [0, 0.1) is 0 Å². The number of aliphatic hydroxyl groups is 1. The standard InChI is InChI=1S/C19H26N4O2/c1-13(15-8-7-14-5-3-4-6-16(14)9-15)22-19(25)20-11-18(24)17-10-21-23(2)12-17/h7-10,12-13,18,24H,3-6,11H2,1-2H3,(H2,20,22,25)/t13-,18+/m1/s1. The number of nitrogens with one attached hydrogen (secondary N) is 2. The molecular formula is C19H26N4O2. The Bertz CT molecular complexity index is 741. The molecule has 0 aliphatic heterocycles. The third kappa shape index (κ3) is 4.39. The van der Waals surface area contributed by atoms with Gasteiger partial charge in [0.25, 0.3) is 0 Å². The number of carbonyl (C=O) groups is 1. The van der Waals surface area contributed by atoms with Gasteiger partial charge in [0.05, 0.1) is 18.3 Å². The Morgan fingerprint density at radius 2 is 2.04 bits per heavy atom. The van der Waals surface area contributed by atoms with Gasteiger partial charge in [0, 0.05) is 25.4 Å². The molecule has 1 aromatic carbocycles. The van der Waals surface area contributed by atoms with Crippen molar-refractivity contribution in [2.24, 2.45) is 7.05 Å². The fourth-order valence-corrected chi connectivity index (χ4v) is 3.27. The molecule has 2 atom stereocenters. The molecule has 1 aliphatic rings. The van der Waals surface area contributed by atoms with Gasteiger partial charge in [-0.25, -0.2) is 4.79 Å². The van der Waals surface area contributed by atoms with Crippen LogP contribution in [0.1, 0.15) is 54.2 Å². The molecule has 0 unspecified atom stereocenters. The number of amides is 2. The van der Waals surface area contributed by atoms with E-state index in [1.807, 2.05) is 6.92 Å². The smallest absolute Gasteiger partial charge is 0.315 e. The minimum absolute atomic E-state index is 0.0808. The molecule has 3 N–H and O–H groups in total. The van der Waals surface area contributed by atoms with Crippen LogP contribution in [0.4, 0.5) is 4.79 Å². The molecule has 1 heterocycles. The number of aromatic nitrogens is 2. The lowest BCUT2D eigenvalue weighted by atomic mass is 9.89. The summed E-state index contributed by atoms with van der Waals surface area (Å²) in [6.07, 6.45) is 7.36. The molecule has 0 radical (unpaired) electrons. The first-order valence-electron chi connectivity index (χ1n) is 8.85. The maximum absolute atomic E-state index is 12.1. The van der Waals surface area contributed by atoms with E-state index in [9.17, 15) is 9.90 Å². The van der Waals surface area contributed by atoms with Crippen LogP contribution in [0.15, 0.2) is 30.6 Å². The van der Waals surface area contributed by atoms with Crippen LogP contribution in [-0.4, -0.2) is 27.5 Å². The number of hydrogen-bond acceptors (Lipinski definition) is 3. The maximum Gasteiger partial charge on any atom is 0.315 e. The molecule has 6 heteroatoms. The van der Waals surface area contributed by atoms with Gasteiger partial charge in [-0.2, -0.15) is 5.10 Å². The fraction of sp³-hybridized carbons (Fsp3) is 0.474. The van der Waals surface area contributed by atoms with Crippen LogP contribution in [0.25, 0.3) is 0 Å². The SMILES string of the molecule is C[C@@H](NC(=O)NC[C@H](O)c1cnn(C)c1)c1ccc2c(c1)CCCC2. The Morgan fingerprint density at radius 1 is 1.28 bits per heavy atom. The predicted octanol–water partition coefficient (Wildman–Crippen LogP) is 2.39. The van der Waals surface area contributed by atoms with E-state index < -0.39 is 6.10 Å². The Morgan fingerprint density at radius 3 is 2.76 bits per heavy atom. The van der Waals surface area contributed by atoms with Crippen molar-refractivity contribution in [3.8, 4) is 0 Å². The summed E-state index contributed by atoms with van der Waals surface area (Å²) in [7, 11) is 1.79. The maximum atomic E-state index is 12.1. The van der Waals surface area contributed by atoms with Crippen LogP contribution < -0.4 is 10.6 Å². The molecule has 1 aromatic heterocycles. The largest absolute Gasteiger partial charge is 0.386 e. The molecule has 134 valence electrons. The molecule has 3 rings (SSSR count). The molecule has 0 fully saturated rings. The molecule has 2 amide bonds. The van der Waals surface area contributed by atoms with Crippen molar-refractivity contribution in [1.29, 1.82) is 0 Å². The van der Waals surface area contributed by atoms with Crippen LogP contribution in [0.3, 0.4) is 0 Å². The van der Waals surface area contributed by atoms with Gasteiger partial charge < -0.3 is 15.7 Å². The van der Waals surface area contributed by atoms with E-state index in [1.165, 1.54) is 24.0 Å². The summed E-state index contributed by atoms with van der Waals surface area (Å²) < 4.78 is 1.62. The molecule has 0 saturated heterocycles. The lowest BCUT2D eigenvalue weighted by molar-refractivity contribution is 0.172.